The van der Waals surface area contributed by atoms with Crippen LogP contribution in [-0.4, -0.2) is 59.3 Å². The number of halogens is 3. The fraction of sp³-hybridized carbons (Fsp3) is 0.650. The fourth-order valence-electron chi connectivity index (χ4n) is 5.44. The Hall–Kier alpha value is -1.80. The van der Waals surface area contributed by atoms with Crippen LogP contribution >= 0.6 is 0 Å². The number of rotatable bonds is 4. The van der Waals surface area contributed by atoms with Gasteiger partial charge in [0, 0.05) is 43.2 Å². The van der Waals surface area contributed by atoms with Gasteiger partial charge < -0.3 is 4.90 Å². The third kappa shape index (κ3) is 3.59. The summed E-state index contributed by atoms with van der Waals surface area (Å²) in [5.74, 6) is 0.0269. The minimum atomic E-state index is -4.21. The van der Waals surface area contributed by atoms with Crippen LogP contribution in [0.2, 0.25) is 0 Å². The summed E-state index contributed by atoms with van der Waals surface area (Å²) in [6.07, 6.45) is 6.93. The number of amides is 1. The van der Waals surface area contributed by atoms with Gasteiger partial charge in [0.05, 0.1) is 6.54 Å². The molecule has 0 bridgehead atoms. The van der Waals surface area contributed by atoms with Crippen LogP contribution in [0.3, 0.4) is 0 Å². The molecule has 3 unspecified atom stereocenters. The van der Waals surface area contributed by atoms with Crippen LogP contribution in [0.25, 0.3) is 0 Å². The smallest absolute Gasteiger partial charge is 0.372 e. The van der Waals surface area contributed by atoms with Crippen LogP contribution in [0.4, 0.5) is 13.2 Å². The van der Waals surface area contributed by atoms with Gasteiger partial charge in [-0.15, -0.1) is 0 Å². The van der Waals surface area contributed by atoms with Crippen LogP contribution in [-0.2, 0) is 4.79 Å². The van der Waals surface area contributed by atoms with Crippen molar-refractivity contribution in [3.8, 4) is 0 Å². The monoisotopic (exact) mass is 397 g/mol. The first-order valence-electron chi connectivity index (χ1n) is 9.85. The van der Waals surface area contributed by atoms with Crippen LogP contribution in [0.15, 0.2) is 36.1 Å². The minimum Gasteiger partial charge on any atom is -0.372 e. The van der Waals surface area contributed by atoms with Crippen molar-refractivity contribution in [1.29, 1.82) is 0 Å². The number of hydrogen-bond donors (Lipinski definition) is 2. The summed E-state index contributed by atoms with van der Waals surface area (Å²) in [6, 6.07) is -0.291. The number of fused-ring (bicyclic) bond motifs is 1. The lowest BCUT2D eigenvalue weighted by Crippen LogP contribution is -2.51. The van der Waals surface area contributed by atoms with Gasteiger partial charge in [0.15, 0.2) is 0 Å². The van der Waals surface area contributed by atoms with Crippen LogP contribution in [0, 0.1) is 29.6 Å². The van der Waals surface area contributed by atoms with Crippen molar-refractivity contribution in [2.24, 2.45) is 29.6 Å². The van der Waals surface area contributed by atoms with E-state index in [0.29, 0.717) is 13.1 Å². The van der Waals surface area contributed by atoms with Gasteiger partial charge in [-0.2, -0.15) is 13.2 Å². The molecule has 5 nitrogen and oxygen atoms in total. The zero-order valence-electron chi connectivity index (χ0n) is 15.8. The Balaban J connectivity index is 1.50. The van der Waals surface area contributed by atoms with Crippen LogP contribution in [0.1, 0.15) is 13.3 Å². The number of nitrogens with zero attached hydrogens (tertiary/aromatic N) is 2. The maximum atomic E-state index is 12.9. The molecule has 4 rings (SSSR count). The molecule has 1 saturated carbocycles. The molecule has 0 aromatic heterocycles. The molecule has 2 fully saturated rings. The molecular weight excluding hydrogens is 371 g/mol. The number of carbonyl (C=O) groups is 1. The Morgan fingerprint density at radius 1 is 1.25 bits per heavy atom. The second-order valence-electron chi connectivity index (χ2n) is 8.33. The Bertz CT molecular complexity index is 718. The highest BCUT2D eigenvalue weighted by Gasteiger charge is 2.61. The van der Waals surface area contributed by atoms with E-state index in [-0.39, 0.29) is 41.5 Å². The predicted molar refractivity (Wildman–Crippen MR) is 97.0 cm³/mol. The SMILES string of the molecule is CC1C2=CC([C@H]3[C@H](C(=O)NO)[C@@H]3C3C=CC=CC3)CN2CCN1CC(F)(F)F. The number of nitrogens with one attached hydrogen (secondary N) is 1. The Morgan fingerprint density at radius 3 is 2.64 bits per heavy atom. The third-order valence-electron chi connectivity index (χ3n) is 6.74. The average Bonchev–Trinajstić information content (AvgIpc) is 3.26. The molecular formula is C20H26F3N3O2. The average molecular weight is 397 g/mol. The summed E-state index contributed by atoms with van der Waals surface area (Å²) < 4.78 is 38.6. The molecule has 6 atom stereocenters. The molecule has 8 heteroatoms. The fourth-order valence-corrected chi connectivity index (χ4v) is 5.44. The molecule has 0 aromatic rings. The molecule has 4 aliphatic rings. The van der Waals surface area contributed by atoms with Crippen molar-refractivity contribution >= 4 is 5.91 Å². The quantitative estimate of drug-likeness (QED) is 0.566. The van der Waals surface area contributed by atoms with E-state index in [9.17, 15) is 18.0 Å². The van der Waals surface area contributed by atoms with Gasteiger partial charge in [0.2, 0.25) is 5.91 Å². The number of carbonyl (C=O) groups excluding carboxylic acids is 1. The number of alkyl halides is 3. The van der Waals surface area contributed by atoms with Gasteiger partial charge in [-0.05, 0) is 31.1 Å². The number of hydrogen-bond acceptors (Lipinski definition) is 4. The van der Waals surface area contributed by atoms with E-state index in [0.717, 1.165) is 18.7 Å². The molecule has 0 aromatic carbocycles. The molecule has 0 radical (unpaired) electrons. The van der Waals surface area contributed by atoms with Crippen molar-refractivity contribution in [3.63, 3.8) is 0 Å². The highest BCUT2D eigenvalue weighted by molar-refractivity contribution is 5.81. The summed E-state index contributed by atoms with van der Waals surface area (Å²) in [5, 5.41) is 9.14. The maximum absolute atomic E-state index is 12.9. The lowest BCUT2D eigenvalue weighted by atomic mass is 9.91. The molecule has 2 aliphatic heterocycles. The highest BCUT2D eigenvalue weighted by Crippen LogP contribution is 2.58. The predicted octanol–water partition coefficient (Wildman–Crippen LogP) is 2.57. The molecule has 1 saturated heterocycles. The second kappa shape index (κ2) is 7.22. The molecule has 2 aliphatic carbocycles. The Kier molecular flexibility index (Phi) is 5.03. The zero-order chi connectivity index (χ0) is 20.1. The highest BCUT2D eigenvalue weighted by atomic mass is 19.4. The van der Waals surface area contributed by atoms with Crippen molar-refractivity contribution in [1.82, 2.24) is 15.3 Å². The summed E-state index contributed by atoms with van der Waals surface area (Å²) in [6.45, 7) is 2.62. The van der Waals surface area contributed by atoms with E-state index in [4.69, 9.17) is 5.21 Å². The Morgan fingerprint density at radius 2 is 2.00 bits per heavy atom. The minimum absolute atomic E-state index is 0.106. The lowest BCUT2D eigenvalue weighted by Gasteiger charge is -2.41. The van der Waals surface area contributed by atoms with E-state index in [2.05, 4.69) is 23.1 Å². The molecule has 0 spiro atoms. The number of hydroxylamine groups is 1. The number of allylic oxidation sites excluding steroid dienone is 4. The van der Waals surface area contributed by atoms with Crippen molar-refractivity contribution in [2.45, 2.75) is 25.6 Å². The zero-order valence-corrected chi connectivity index (χ0v) is 15.8. The van der Waals surface area contributed by atoms with Crippen molar-refractivity contribution in [2.75, 3.05) is 26.2 Å². The molecule has 154 valence electrons. The van der Waals surface area contributed by atoms with E-state index in [1.54, 1.807) is 5.48 Å². The largest absolute Gasteiger partial charge is 0.401 e. The van der Waals surface area contributed by atoms with Gasteiger partial charge in [-0.1, -0.05) is 30.4 Å². The van der Waals surface area contributed by atoms with Gasteiger partial charge in [-0.3, -0.25) is 14.9 Å². The van der Waals surface area contributed by atoms with Gasteiger partial charge in [0.25, 0.3) is 0 Å². The summed E-state index contributed by atoms with van der Waals surface area (Å²) in [5.41, 5.74) is 2.74. The molecule has 28 heavy (non-hydrogen) atoms. The topological polar surface area (TPSA) is 55.8 Å². The summed E-state index contributed by atoms with van der Waals surface area (Å²) in [7, 11) is 0. The first kappa shape index (κ1) is 19.5. The van der Waals surface area contributed by atoms with Gasteiger partial charge in [0.1, 0.15) is 0 Å². The second-order valence-corrected chi connectivity index (χ2v) is 8.33. The van der Waals surface area contributed by atoms with E-state index < -0.39 is 12.7 Å². The van der Waals surface area contributed by atoms with Crippen LogP contribution < -0.4 is 5.48 Å². The van der Waals surface area contributed by atoms with Gasteiger partial charge >= 0.3 is 6.18 Å². The van der Waals surface area contributed by atoms with Crippen LogP contribution in [0.5, 0.6) is 0 Å². The molecule has 2 N–H and O–H groups in total. The van der Waals surface area contributed by atoms with Gasteiger partial charge in [-0.25, -0.2) is 5.48 Å². The molecule has 2 heterocycles. The first-order chi connectivity index (χ1) is 13.3. The molecule has 1 amide bonds. The number of piperazine rings is 1. The van der Waals surface area contributed by atoms with Crippen molar-refractivity contribution < 1.29 is 23.2 Å². The maximum Gasteiger partial charge on any atom is 0.401 e. The standard InChI is InChI=1S/C20H26F3N3O2/c1-12-15-9-14(10-25(15)7-8-26(12)11-20(21,22)23)17-16(18(17)19(27)24-28)13-5-3-2-4-6-13/h2-5,9,12-14,16-18,28H,6-8,10-11H2,1H3,(H,24,27)/t12?,13?,14?,16-,17-,18-/m1/s1. The Labute approximate surface area is 162 Å². The summed E-state index contributed by atoms with van der Waals surface area (Å²) in [4.78, 5) is 15.9. The van der Waals surface area contributed by atoms with E-state index >= 15 is 0 Å². The lowest BCUT2D eigenvalue weighted by molar-refractivity contribution is -0.152. The third-order valence-corrected chi connectivity index (χ3v) is 6.74. The van der Waals surface area contributed by atoms with Crippen molar-refractivity contribution in [3.05, 3.63) is 36.1 Å². The van der Waals surface area contributed by atoms with E-state index in [1.807, 2.05) is 19.1 Å². The summed E-state index contributed by atoms with van der Waals surface area (Å²) >= 11 is 0. The normalized spacial score (nSPS) is 37.6. The van der Waals surface area contributed by atoms with E-state index in [1.165, 1.54) is 4.90 Å². The first-order valence-corrected chi connectivity index (χ1v) is 9.85.